The molecular formula is C11H20N2O. The number of hydrogen-bond acceptors (Lipinski definition) is 3. The summed E-state index contributed by atoms with van der Waals surface area (Å²) >= 11 is 0. The standard InChI is InChI=1S/C11H20N2O/c1-9(2)13-4-5-14-11(8-13)6-10(3)12-7-11/h9H,4-8H2,1-3H3. The van der Waals surface area contributed by atoms with Gasteiger partial charge in [-0.05, 0) is 20.8 Å². The zero-order valence-corrected chi connectivity index (χ0v) is 9.42. The number of aliphatic imine (C=N–C) groups is 1. The first-order valence-electron chi connectivity index (χ1n) is 5.49. The summed E-state index contributed by atoms with van der Waals surface area (Å²) < 4.78 is 5.92. The first kappa shape index (κ1) is 10.1. The Morgan fingerprint density at radius 3 is 2.86 bits per heavy atom. The second-order valence-electron chi connectivity index (χ2n) is 4.82. The summed E-state index contributed by atoms with van der Waals surface area (Å²) in [5.41, 5.74) is 1.27. The first-order valence-corrected chi connectivity index (χ1v) is 5.49. The number of ether oxygens (including phenoxy) is 1. The van der Waals surface area contributed by atoms with Crippen LogP contribution in [0.3, 0.4) is 0 Å². The van der Waals surface area contributed by atoms with Gasteiger partial charge >= 0.3 is 0 Å². The van der Waals surface area contributed by atoms with Crippen molar-refractivity contribution in [3.05, 3.63) is 0 Å². The van der Waals surface area contributed by atoms with Crippen molar-refractivity contribution in [1.29, 1.82) is 0 Å². The predicted molar refractivity (Wildman–Crippen MR) is 58.0 cm³/mol. The van der Waals surface area contributed by atoms with Gasteiger partial charge in [-0.15, -0.1) is 0 Å². The molecule has 0 amide bonds. The summed E-state index contributed by atoms with van der Waals surface area (Å²) in [6, 6.07) is 0.622. The fraction of sp³-hybridized carbons (Fsp3) is 0.909. The SMILES string of the molecule is CC1=NCC2(C1)CN(C(C)C)CCO2. The minimum atomic E-state index is 0.0204. The van der Waals surface area contributed by atoms with Crippen molar-refractivity contribution in [1.82, 2.24) is 4.90 Å². The smallest absolute Gasteiger partial charge is 0.105 e. The third kappa shape index (κ3) is 1.84. The van der Waals surface area contributed by atoms with E-state index in [9.17, 15) is 0 Å². The molecule has 1 spiro atoms. The second kappa shape index (κ2) is 3.63. The van der Waals surface area contributed by atoms with E-state index < -0.39 is 0 Å². The molecule has 0 aromatic rings. The highest BCUT2D eigenvalue weighted by Gasteiger charge is 2.40. The van der Waals surface area contributed by atoms with Crippen LogP contribution in [0.4, 0.5) is 0 Å². The Labute approximate surface area is 86.1 Å². The van der Waals surface area contributed by atoms with Gasteiger partial charge < -0.3 is 4.74 Å². The highest BCUT2D eigenvalue weighted by Crippen LogP contribution is 2.28. The third-order valence-corrected chi connectivity index (χ3v) is 3.22. The summed E-state index contributed by atoms with van der Waals surface area (Å²) in [6.45, 7) is 10.4. The van der Waals surface area contributed by atoms with E-state index in [0.29, 0.717) is 6.04 Å². The van der Waals surface area contributed by atoms with Gasteiger partial charge in [0.25, 0.3) is 0 Å². The molecular weight excluding hydrogens is 176 g/mol. The van der Waals surface area contributed by atoms with Gasteiger partial charge in [-0.3, -0.25) is 9.89 Å². The summed E-state index contributed by atoms with van der Waals surface area (Å²) in [4.78, 5) is 6.97. The van der Waals surface area contributed by atoms with Gasteiger partial charge in [0.2, 0.25) is 0 Å². The normalized spacial score (nSPS) is 34.1. The first-order chi connectivity index (χ1) is 6.61. The minimum Gasteiger partial charge on any atom is -0.370 e. The van der Waals surface area contributed by atoms with Crippen LogP contribution in [0.25, 0.3) is 0 Å². The van der Waals surface area contributed by atoms with E-state index in [1.807, 2.05) is 0 Å². The van der Waals surface area contributed by atoms with Crippen molar-refractivity contribution in [2.24, 2.45) is 4.99 Å². The molecule has 2 heterocycles. The molecule has 0 N–H and O–H groups in total. The Morgan fingerprint density at radius 1 is 1.50 bits per heavy atom. The molecule has 2 aliphatic heterocycles. The molecule has 1 saturated heterocycles. The van der Waals surface area contributed by atoms with Crippen LogP contribution in [0.2, 0.25) is 0 Å². The Morgan fingerprint density at radius 2 is 2.29 bits per heavy atom. The van der Waals surface area contributed by atoms with Gasteiger partial charge in [0.15, 0.2) is 0 Å². The van der Waals surface area contributed by atoms with E-state index in [2.05, 4.69) is 30.7 Å². The quantitative estimate of drug-likeness (QED) is 0.632. The van der Waals surface area contributed by atoms with Crippen molar-refractivity contribution in [3.63, 3.8) is 0 Å². The lowest BCUT2D eigenvalue weighted by atomic mass is 9.97. The zero-order chi connectivity index (χ0) is 10.2. The molecule has 2 aliphatic rings. The molecule has 0 aromatic heterocycles. The fourth-order valence-corrected chi connectivity index (χ4v) is 2.37. The predicted octanol–water partition coefficient (Wildman–Crippen LogP) is 1.33. The zero-order valence-electron chi connectivity index (χ0n) is 9.42. The molecule has 3 heteroatoms. The van der Waals surface area contributed by atoms with Crippen LogP contribution in [0.5, 0.6) is 0 Å². The topological polar surface area (TPSA) is 24.8 Å². The van der Waals surface area contributed by atoms with Gasteiger partial charge in [-0.2, -0.15) is 0 Å². The maximum Gasteiger partial charge on any atom is 0.105 e. The number of nitrogens with zero attached hydrogens (tertiary/aromatic N) is 2. The summed E-state index contributed by atoms with van der Waals surface area (Å²) in [7, 11) is 0. The molecule has 0 radical (unpaired) electrons. The Bertz CT molecular complexity index is 250. The molecule has 0 aromatic carbocycles. The maximum atomic E-state index is 5.92. The second-order valence-corrected chi connectivity index (χ2v) is 4.82. The van der Waals surface area contributed by atoms with Gasteiger partial charge in [0.05, 0.1) is 13.2 Å². The van der Waals surface area contributed by atoms with E-state index in [0.717, 1.165) is 32.7 Å². The summed E-state index contributed by atoms with van der Waals surface area (Å²) in [5.74, 6) is 0. The molecule has 80 valence electrons. The average molecular weight is 196 g/mol. The molecule has 3 nitrogen and oxygen atoms in total. The number of hydrogen-bond donors (Lipinski definition) is 0. The van der Waals surface area contributed by atoms with Crippen molar-refractivity contribution in [2.75, 3.05) is 26.2 Å². The average Bonchev–Trinajstić information content (AvgIpc) is 2.47. The van der Waals surface area contributed by atoms with Crippen molar-refractivity contribution in [3.8, 4) is 0 Å². The van der Waals surface area contributed by atoms with Crippen LogP contribution in [-0.4, -0.2) is 48.5 Å². The van der Waals surface area contributed by atoms with E-state index >= 15 is 0 Å². The van der Waals surface area contributed by atoms with Gasteiger partial charge in [0, 0.05) is 31.3 Å². The number of morpholine rings is 1. The van der Waals surface area contributed by atoms with E-state index in [1.165, 1.54) is 5.71 Å². The number of rotatable bonds is 1. The molecule has 1 atom stereocenters. The van der Waals surface area contributed by atoms with Crippen molar-refractivity contribution < 1.29 is 4.74 Å². The molecule has 0 saturated carbocycles. The third-order valence-electron chi connectivity index (χ3n) is 3.22. The Balaban J connectivity index is 2.01. The summed E-state index contributed by atoms with van der Waals surface area (Å²) in [5, 5.41) is 0. The van der Waals surface area contributed by atoms with Crippen molar-refractivity contribution >= 4 is 5.71 Å². The highest BCUT2D eigenvalue weighted by atomic mass is 16.5. The molecule has 0 aliphatic carbocycles. The Hall–Kier alpha value is -0.410. The van der Waals surface area contributed by atoms with E-state index in [-0.39, 0.29) is 5.60 Å². The summed E-state index contributed by atoms with van der Waals surface area (Å²) in [6.07, 6.45) is 1.02. The minimum absolute atomic E-state index is 0.0204. The fourth-order valence-electron chi connectivity index (χ4n) is 2.37. The molecule has 1 fully saturated rings. The van der Waals surface area contributed by atoms with Gasteiger partial charge in [-0.1, -0.05) is 0 Å². The van der Waals surface area contributed by atoms with E-state index in [1.54, 1.807) is 0 Å². The highest BCUT2D eigenvalue weighted by molar-refractivity contribution is 5.84. The van der Waals surface area contributed by atoms with Crippen LogP contribution in [-0.2, 0) is 4.74 Å². The lowest BCUT2D eigenvalue weighted by Crippen LogP contribution is -2.54. The van der Waals surface area contributed by atoms with Crippen LogP contribution in [0.1, 0.15) is 27.2 Å². The van der Waals surface area contributed by atoms with Crippen LogP contribution in [0, 0.1) is 0 Å². The van der Waals surface area contributed by atoms with E-state index in [4.69, 9.17) is 4.74 Å². The molecule has 14 heavy (non-hydrogen) atoms. The lowest BCUT2D eigenvalue weighted by molar-refractivity contribution is -0.101. The largest absolute Gasteiger partial charge is 0.370 e. The molecule has 1 unspecified atom stereocenters. The molecule has 2 rings (SSSR count). The van der Waals surface area contributed by atoms with Crippen LogP contribution < -0.4 is 0 Å². The van der Waals surface area contributed by atoms with Gasteiger partial charge in [0.1, 0.15) is 5.60 Å². The van der Waals surface area contributed by atoms with Crippen LogP contribution >= 0.6 is 0 Å². The van der Waals surface area contributed by atoms with Gasteiger partial charge in [-0.25, -0.2) is 0 Å². The van der Waals surface area contributed by atoms with Crippen molar-refractivity contribution in [2.45, 2.75) is 38.8 Å². The maximum absolute atomic E-state index is 5.92. The monoisotopic (exact) mass is 196 g/mol. The molecule has 0 bridgehead atoms. The Kier molecular flexibility index (Phi) is 2.62. The van der Waals surface area contributed by atoms with Crippen LogP contribution in [0.15, 0.2) is 4.99 Å². The lowest BCUT2D eigenvalue weighted by Gasteiger charge is -2.41.